The molecule has 2 N–H and O–H groups in total. The van der Waals surface area contributed by atoms with E-state index in [4.69, 9.17) is 5.73 Å². The summed E-state index contributed by atoms with van der Waals surface area (Å²) < 4.78 is 2.16. The molecular formula is C10H17N3. The molecule has 1 aromatic rings. The predicted octanol–water partition coefficient (Wildman–Crippen LogP) is 1.54. The minimum Gasteiger partial charge on any atom is -0.334 e. The van der Waals surface area contributed by atoms with Crippen LogP contribution in [0.3, 0.4) is 0 Å². The van der Waals surface area contributed by atoms with Gasteiger partial charge in [0, 0.05) is 25.7 Å². The smallest absolute Gasteiger partial charge is 0.111 e. The molecule has 1 aliphatic rings. The zero-order valence-electron chi connectivity index (χ0n) is 8.16. The lowest BCUT2D eigenvalue weighted by Gasteiger charge is -2.09. The molecule has 1 aromatic heterocycles. The molecule has 0 aliphatic heterocycles. The van der Waals surface area contributed by atoms with Crippen molar-refractivity contribution in [1.82, 2.24) is 9.55 Å². The highest BCUT2D eigenvalue weighted by Gasteiger charge is 2.21. The van der Waals surface area contributed by atoms with Gasteiger partial charge in [0.2, 0.25) is 0 Å². The number of imidazole rings is 1. The zero-order chi connectivity index (χ0) is 9.26. The molecule has 1 aliphatic carbocycles. The van der Waals surface area contributed by atoms with Gasteiger partial charge in [0.1, 0.15) is 5.82 Å². The Balaban J connectivity index is 2.24. The summed E-state index contributed by atoms with van der Waals surface area (Å²) in [6, 6.07) is 0. The third kappa shape index (κ3) is 1.48. The van der Waals surface area contributed by atoms with E-state index >= 15 is 0 Å². The summed E-state index contributed by atoms with van der Waals surface area (Å²) in [4.78, 5) is 4.45. The molecule has 1 heterocycles. The highest BCUT2D eigenvalue weighted by Crippen LogP contribution is 2.33. The van der Waals surface area contributed by atoms with Crippen molar-refractivity contribution in [1.29, 1.82) is 0 Å². The van der Waals surface area contributed by atoms with Crippen molar-refractivity contribution < 1.29 is 0 Å². The molecular weight excluding hydrogens is 162 g/mol. The average molecular weight is 179 g/mol. The molecule has 72 valence electrons. The Labute approximate surface area is 79.0 Å². The lowest BCUT2D eigenvalue weighted by molar-refractivity contribution is 0.622. The van der Waals surface area contributed by atoms with E-state index in [-0.39, 0.29) is 0 Å². The molecule has 0 amide bonds. The number of aromatic nitrogens is 2. The Kier molecular flexibility index (Phi) is 2.36. The van der Waals surface area contributed by atoms with E-state index in [1.807, 2.05) is 6.20 Å². The molecule has 0 aromatic carbocycles. The van der Waals surface area contributed by atoms with Crippen molar-refractivity contribution in [2.45, 2.75) is 38.1 Å². The van der Waals surface area contributed by atoms with Gasteiger partial charge in [-0.2, -0.15) is 0 Å². The third-order valence-electron chi connectivity index (χ3n) is 3.05. The van der Waals surface area contributed by atoms with Gasteiger partial charge in [-0.15, -0.1) is 0 Å². The van der Waals surface area contributed by atoms with Gasteiger partial charge in [-0.25, -0.2) is 4.98 Å². The van der Waals surface area contributed by atoms with E-state index in [0.717, 1.165) is 5.69 Å². The van der Waals surface area contributed by atoms with E-state index < -0.39 is 0 Å². The number of hydrogen-bond donors (Lipinski definition) is 1. The number of hydrogen-bond acceptors (Lipinski definition) is 2. The SMILES string of the molecule is Cn1c(CN)cnc1C1CCCC1. The summed E-state index contributed by atoms with van der Waals surface area (Å²) in [5.74, 6) is 1.92. The molecule has 0 bridgehead atoms. The number of nitrogens with two attached hydrogens (primary N) is 1. The summed E-state index contributed by atoms with van der Waals surface area (Å²) in [5.41, 5.74) is 6.74. The van der Waals surface area contributed by atoms with Crippen LogP contribution in [-0.4, -0.2) is 9.55 Å². The second kappa shape index (κ2) is 3.50. The van der Waals surface area contributed by atoms with Crippen LogP contribution in [0.2, 0.25) is 0 Å². The molecule has 3 heteroatoms. The Morgan fingerprint density at radius 3 is 2.77 bits per heavy atom. The van der Waals surface area contributed by atoms with Gasteiger partial charge in [-0.05, 0) is 12.8 Å². The van der Waals surface area contributed by atoms with Crippen LogP contribution >= 0.6 is 0 Å². The molecule has 1 saturated carbocycles. The van der Waals surface area contributed by atoms with Gasteiger partial charge in [0.25, 0.3) is 0 Å². The average Bonchev–Trinajstić information content (AvgIpc) is 2.72. The normalized spacial score (nSPS) is 18.3. The summed E-state index contributed by atoms with van der Waals surface area (Å²) in [7, 11) is 2.07. The molecule has 3 nitrogen and oxygen atoms in total. The van der Waals surface area contributed by atoms with Gasteiger partial charge < -0.3 is 10.3 Å². The second-order valence-electron chi connectivity index (χ2n) is 3.85. The fourth-order valence-corrected chi connectivity index (χ4v) is 2.21. The minimum atomic E-state index is 0.593. The first-order valence-electron chi connectivity index (χ1n) is 5.03. The van der Waals surface area contributed by atoms with Crippen LogP contribution < -0.4 is 5.73 Å². The third-order valence-corrected chi connectivity index (χ3v) is 3.05. The van der Waals surface area contributed by atoms with Crippen LogP contribution in [-0.2, 0) is 13.6 Å². The van der Waals surface area contributed by atoms with E-state index in [2.05, 4.69) is 16.6 Å². The van der Waals surface area contributed by atoms with Gasteiger partial charge in [0.15, 0.2) is 0 Å². The molecule has 0 unspecified atom stereocenters. The lowest BCUT2D eigenvalue weighted by Crippen LogP contribution is -2.08. The van der Waals surface area contributed by atoms with Crippen molar-refractivity contribution >= 4 is 0 Å². The summed E-state index contributed by atoms with van der Waals surface area (Å²) >= 11 is 0. The first kappa shape index (κ1) is 8.75. The molecule has 0 saturated heterocycles. The van der Waals surface area contributed by atoms with E-state index in [1.165, 1.54) is 31.5 Å². The topological polar surface area (TPSA) is 43.8 Å². The van der Waals surface area contributed by atoms with Crippen LogP contribution in [0, 0.1) is 0 Å². The highest BCUT2D eigenvalue weighted by molar-refractivity contribution is 5.09. The first-order chi connectivity index (χ1) is 6.33. The summed E-state index contributed by atoms with van der Waals surface area (Å²) in [6.07, 6.45) is 7.22. The van der Waals surface area contributed by atoms with Crippen molar-refractivity contribution in [2.24, 2.45) is 12.8 Å². The maximum atomic E-state index is 5.60. The summed E-state index contributed by atoms with van der Waals surface area (Å²) in [6.45, 7) is 0.593. The van der Waals surface area contributed by atoms with Gasteiger partial charge in [-0.3, -0.25) is 0 Å². The molecule has 13 heavy (non-hydrogen) atoms. The molecule has 2 rings (SSSR count). The van der Waals surface area contributed by atoms with Gasteiger partial charge in [-0.1, -0.05) is 12.8 Å². The number of nitrogens with zero attached hydrogens (tertiary/aromatic N) is 2. The second-order valence-corrected chi connectivity index (χ2v) is 3.85. The fourth-order valence-electron chi connectivity index (χ4n) is 2.21. The highest BCUT2D eigenvalue weighted by atomic mass is 15.1. The fraction of sp³-hybridized carbons (Fsp3) is 0.700. The van der Waals surface area contributed by atoms with Crippen LogP contribution in [0.1, 0.15) is 43.1 Å². The van der Waals surface area contributed by atoms with Crippen molar-refractivity contribution in [3.63, 3.8) is 0 Å². The molecule has 0 atom stereocenters. The van der Waals surface area contributed by atoms with E-state index in [1.54, 1.807) is 0 Å². The van der Waals surface area contributed by atoms with Gasteiger partial charge in [0.05, 0.1) is 5.69 Å². The first-order valence-corrected chi connectivity index (χ1v) is 5.03. The van der Waals surface area contributed by atoms with Crippen LogP contribution in [0.15, 0.2) is 6.20 Å². The van der Waals surface area contributed by atoms with Crippen molar-refractivity contribution in [2.75, 3.05) is 0 Å². The maximum absolute atomic E-state index is 5.60. The minimum absolute atomic E-state index is 0.593. The Morgan fingerprint density at radius 2 is 2.23 bits per heavy atom. The lowest BCUT2D eigenvalue weighted by atomic mass is 10.1. The van der Waals surface area contributed by atoms with Crippen molar-refractivity contribution in [3.05, 3.63) is 17.7 Å². The quantitative estimate of drug-likeness (QED) is 0.748. The molecule has 1 fully saturated rings. The Morgan fingerprint density at radius 1 is 1.54 bits per heavy atom. The predicted molar refractivity (Wildman–Crippen MR) is 52.3 cm³/mol. The largest absolute Gasteiger partial charge is 0.334 e. The van der Waals surface area contributed by atoms with E-state index in [0.29, 0.717) is 12.5 Å². The Hall–Kier alpha value is -0.830. The van der Waals surface area contributed by atoms with Crippen LogP contribution in [0.5, 0.6) is 0 Å². The summed E-state index contributed by atoms with van der Waals surface area (Å²) in [5, 5.41) is 0. The Bertz CT molecular complexity index is 284. The van der Waals surface area contributed by atoms with Crippen molar-refractivity contribution in [3.8, 4) is 0 Å². The zero-order valence-corrected chi connectivity index (χ0v) is 8.16. The monoisotopic (exact) mass is 179 g/mol. The molecule has 0 spiro atoms. The van der Waals surface area contributed by atoms with Crippen LogP contribution in [0.4, 0.5) is 0 Å². The van der Waals surface area contributed by atoms with Crippen LogP contribution in [0.25, 0.3) is 0 Å². The van der Waals surface area contributed by atoms with Gasteiger partial charge >= 0.3 is 0 Å². The maximum Gasteiger partial charge on any atom is 0.111 e. The van der Waals surface area contributed by atoms with E-state index in [9.17, 15) is 0 Å². The number of rotatable bonds is 2. The molecule has 0 radical (unpaired) electrons. The standard InChI is InChI=1S/C10H17N3/c1-13-9(6-11)7-12-10(13)8-4-2-3-5-8/h7-8H,2-6,11H2,1H3.